The highest BCUT2D eigenvalue weighted by atomic mass is 16.5. The lowest BCUT2D eigenvalue weighted by molar-refractivity contribution is -0.00570. The smallest absolute Gasteiger partial charge is 0.229 e. The van der Waals surface area contributed by atoms with Gasteiger partial charge >= 0.3 is 0 Å². The van der Waals surface area contributed by atoms with E-state index < -0.39 is 0 Å². The molecule has 0 unspecified atom stereocenters. The van der Waals surface area contributed by atoms with Crippen molar-refractivity contribution in [2.45, 2.75) is 57.9 Å². The Hall–Kier alpha value is -3.01. The standard InChI is InChI=1S/C29H38N6O3/c1-19-17-35(18-20(2)38-19)29-32-27-24(28(33-29)34-11-13-37-14-12-34)8-9-25(31-27)21-7-10-26(36-3)22(15-21)16-30-23-5-4-6-23/h7-10,15,19-20,23,30H,4-6,11-14,16-18H2,1-3H3/t19-,20+. The van der Waals surface area contributed by atoms with Crippen LogP contribution in [0.1, 0.15) is 38.7 Å². The molecule has 0 radical (unpaired) electrons. The molecule has 2 saturated heterocycles. The lowest BCUT2D eigenvalue weighted by Gasteiger charge is -2.36. The zero-order chi connectivity index (χ0) is 26.1. The van der Waals surface area contributed by atoms with E-state index in [9.17, 15) is 0 Å². The van der Waals surface area contributed by atoms with Gasteiger partial charge in [-0.3, -0.25) is 0 Å². The zero-order valence-electron chi connectivity index (χ0n) is 22.7. The molecule has 0 amide bonds. The van der Waals surface area contributed by atoms with Gasteiger partial charge in [-0.1, -0.05) is 6.42 Å². The Bertz CT molecular complexity index is 1270. The normalized spacial score (nSPS) is 22.5. The number of nitrogens with one attached hydrogen (secondary N) is 1. The van der Waals surface area contributed by atoms with Gasteiger partial charge in [0.15, 0.2) is 5.65 Å². The van der Waals surface area contributed by atoms with Crippen LogP contribution in [-0.4, -0.2) is 79.7 Å². The molecule has 1 N–H and O–H groups in total. The number of methoxy groups -OCH3 is 1. The Morgan fingerprint density at radius 1 is 0.974 bits per heavy atom. The molecule has 4 heterocycles. The minimum atomic E-state index is 0.121. The third kappa shape index (κ3) is 5.28. The third-order valence-corrected chi connectivity index (χ3v) is 7.80. The molecular formula is C29H38N6O3. The molecule has 2 atom stereocenters. The summed E-state index contributed by atoms with van der Waals surface area (Å²) in [6.07, 6.45) is 4.06. The van der Waals surface area contributed by atoms with Gasteiger partial charge in [-0.2, -0.15) is 9.97 Å². The lowest BCUT2D eigenvalue weighted by atomic mass is 9.93. The molecule has 2 aliphatic heterocycles. The van der Waals surface area contributed by atoms with Gasteiger partial charge in [0.05, 0.1) is 43.6 Å². The van der Waals surface area contributed by atoms with Gasteiger partial charge in [0.25, 0.3) is 0 Å². The highest BCUT2D eigenvalue weighted by Crippen LogP contribution is 2.32. The van der Waals surface area contributed by atoms with Crippen molar-refractivity contribution < 1.29 is 14.2 Å². The van der Waals surface area contributed by atoms with E-state index in [2.05, 4.69) is 53.2 Å². The molecule has 3 fully saturated rings. The molecule has 0 spiro atoms. The molecule has 3 aliphatic rings. The van der Waals surface area contributed by atoms with E-state index in [1.165, 1.54) is 19.3 Å². The number of rotatable bonds is 7. The predicted molar refractivity (Wildman–Crippen MR) is 149 cm³/mol. The number of fused-ring (bicyclic) bond motifs is 1. The average Bonchev–Trinajstić information content (AvgIpc) is 2.91. The fourth-order valence-corrected chi connectivity index (χ4v) is 5.59. The van der Waals surface area contributed by atoms with E-state index in [0.717, 1.165) is 66.5 Å². The van der Waals surface area contributed by atoms with Gasteiger partial charge in [0.1, 0.15) is 11.6 Å². The van der Waals surface area contributed by atoms with Crippen molar-refractivity contribution in [1.82, 2.24) is 20.3 Å². The van der Waals surface area contributed by atoms with Crippen LogP contribution >= 0.6 is 0 Å². The van der Waals surface area contributed by atoms with Crippen LogP contribution in [0.3, 0.4) is 0 Å². The summed E-state index contributed by atoms with van der Waals surface area (Å²) in [5, 5.41) is 4.63. The number of morpholine rings is 2. The second-order valence-corrected chi connectivity index (χ2v) is 10.7. The summed E-state index contributed by atoms with van der Waals surface area (Å²) in [7, 11) is 1.73. The molecule has 1 aliphatic carbocycles. The van der Waals surface area contributed by atoms with E-state index >= 15 is 0 Å². The molecule has 0 bridgehead atoms. The molecule has 1 saturated carbocycles. The molecule has 202 valence electrons. The van der Waals surface area contributed by atoms with Crippen LogP contribution in [0.5, 0.6) is 5.75 Å². The summed E-state index contributed by atoms with van der Waals surface area (Å²) in [6, 6.07) is 11.1. The van der Waals surface area contributed by atoms with Crippen molar-refractivity contribution >= 4 is 22.8 Å². The number of nitrogens with zero attached hydrogens (tertiary/aromatic N) is 5. The molecule has 1 aromatic carbocycles. The first-order chi connectivity index (χ1) is 18.6. The molecule has 9 nitrogen and oxygen atoms in total. The SMILES string of the molecule is COc1ccc(-c2ccc3c(N4CCOCC4)nc(N4C[C@@H](C)O[C@@H](C)C4)nc3n2)cc1CNC1CCC1. The van der Waals surface area contributed by atoms with Gasteiger partial charge in [0.2, 0.25) is 5.95 Å². The number of aromatic nitrogens is 3. The van der Waals surface area contributed by atoms with Crippen LogP contribution in [0.4, 0.5) is 11.8 Å². The molecule has 3 aromatic rings. The summed E-state index contributed by atoms with van der Waals surface area (Å²) < 4.78 is 17.2. The minimum absolute atomic E-state index is 0.121. The van der Waals surface area contributed by atoms with Crippen LogP contribution in [0.15, 0.2) is 30.3 Å². The number of anilines is 2. The number of hydrogen-bond acceptors (Lipinski definition) is 9. The summed E-state index contributed by atoms with van der Waals surface area (Å²) in [6.45, 7) is 9.51. The molecule has 9 heteroatoms. The van der Waals surface area contributed by atoms with Crippen molar-refractivity contribution in [2.24, 2.45) is 0 Å². The third-order valence-electron chi connectivity index (χ3n) is 7.80. The fourth-order valence-electron chi connectivity index (χ4n) is 5.59. The minimum Gasteiger partial charge on any atom is -0.496 e. The van der Waals surface area contributed by atoms with E-state index in [1.807, 2.05) is 6.07 Å². The van der Waals surface area contributed by atoms with Crippen molar-refractivity contribution in [1.29, 1.82) is 0 Å². The van der Waals surface area contributed by atoms with E-state index in [4.69, 9.17) is 29.2 Å². The van der Waals surface area contributed by atoms with Crippen LogP contribution in [0, 0.1) is 0 Å². The second kappa shape index (κ2) is 11.0. The Morgan fingerprint density at radius 2 is 1.76 bits per heavy atom. The van der Waals surface area contributed by atoms with Crippen molar-refractivity contribution in [3.63, 3.8) is 0 Å². The van der Waals surface area contributed by atoms with Crippen LogP contribution in [-0.2, 0) is 16.0 Å². The van der Waals surface area contributed by atoms with Crippen molar-refractivity contribution in [2.75, 3.05) is 56.3 Å². The summed E-state index contributed by atoms with van der Waals surface area (Å²) in [5.74, 6) is 2.54. The molecule has 2 aromatic heterocycles. The topological polar surface area (TPSA) is 84.9 Å². The first-order valence-electron chi connectivity index (χ1n) is 13.9. The van der Waals surface area contributed by atoms with Gasteiger partial charge in [-0.15, -0.1) is 0 Å². The van der Waals surface area contributed by atoms with E-state index in [0.29, 0.717) is 30.9 Å². The monoisotopic (exact) mass is 518 g/mol. The Morgan fingerprint density at radius 3 is 2.47 bits per heavy atom. The highest BCUT2D eigenvalue weighted by molar-refractivity contribution is 5.90. The number of ether oxygens (including phenoxy) is 3. The number of pyridine rings is 1. The van der Waals surface area contributed by atoms with Gasteiger partial charge in [-0.25, -0.2) is 4.98 Å². The van der Waals surface area contributed by atoms with Crippen LogP contribution < -0.4 is 19.9 Å². The largest absolute Gasteiger partial charge is 0.496 e. The van der Waals surface area contributed by atoms with E-state index in [-0.39, 0.29) is 12.2 Å². The Labute approximate surface area is 224 Å². The zero-order valence-corrected chi connectivity index (χ0v) is 22.7. The van der Waals surface area contributed by atoms with Crippen LogP contribution in [0.2, 0.25) is 0 Å². The van der Waals surface area contributed by atoms with Crippen molar-refractivity contribution in [3.05, 3.63) is 35.9 Å². The second-order valence-electron chi connectivity index (χ2n) is 10.7. The predicted octanol–water partition coefficient (Wildman–Crippen LogP) is 3.79. The first kappa shape index (κ1) is 25.3. The lowest BCUT2D eigenvalue weighted by Crippen LogP contribution is -2.46. The van der Waals surface area contributed by atoms with Crippen molar-refractivity contribution in [3.8, 4) is 17.0 Å². The Kier molecular flexibility index (Phi) is 7.32. The summed E-state index contributed by atoms with van der Waals surface area (Å²) in [4.78, 5) is 19.7. The number of hydrogen-bond donors (Lipinski definition) is 1. The van der Waals surface area contributed by atoms with Crippen LogP contribution in [0.25, 0.3) is 22.3 Å². The maximum absolute atomic E-state index is 5.97. The molecular weight excluding hydrogens is 480 g/mol. The average molecular weight is 519 g/mol. The fraction of sp³-hybridized carbons (Fsp3) is 0.552. The van der Waals surface area contributed by atoms with E-state index in [1.54, 1.807) is 7.11 Å². The molecule has 6 rings (SSSR count). The number of benzene rings is 1. The quantitative estimate of drug-likeness (QED) is 0.502. The highest BCUT2D eigenvalue weighted by Gasteiger charge is 2.27. The molecule has 38 heavy (non-hydrogen) atoms. The summed E-state index contributed by atoms with van der Waals surface area (Å²) in [5.41, 5.74) is 3.81. The van der Waals surface area contributed by atoms with Gasteiger partial charge < -0.3 is 29.3 Å². The first-order valence-corrected chi connectivity index (χ1v) is 13.9. The van der Waals surface area contributed by atoms with Gasteiger partial charge in [0, 0.05) is 49.9 Å². The maximum Gasteiger partial charge on any atom is 0.229 e. The summed E-state index contributed by atoms with van der Waals surface area (Å²) >= 11 is 0. The Balaban J connectivity index is 1.38. The van der Waals surface area contributed by atoms with Gasteiger partial charge in [-0.05, 0) is 57.0 Å². The maximum atomic E-state index is 5.97.